The van der Waals surface area contributed by atoms with Crippen LogP contribution in [0.1, 0.15) is 27.9 Å². The summed E-state index contributed by atoms with van der Waals surface area (Å²) in [5.41, 5.74) is 3.47. The maximum atomic E-state index is 12.8. The molecule has 0 aliphatic carbocycles. The summed E-state index contributed by atoms with van der Waals surface area (Å²) in [6.45, 7) is 2.83. The third-order valence-corrected chi connectivity index (χ3v) is 5.06. The second kappa shape index (κ2) is 8.25. The Kier molecular flexibility index (Phi) is 5.78. The molecule has 146 valence electrons. The van der Waals surface area contributed by atoms with E-state index >= 15 is 0 Å². The van der Waals surface area contributed by atoms with Crippen LogP contribution in [0.25, 0.3) is 0 Å². The van der Waals surface area contributed by atoms with E-state index in [1.165, 1.54) is 0 Å². The van der Waals surface area contributed by atoms with Crippen LogP contribution in [0.5, 0.6) is 0 Å². The predicted octanol–water partition coefficient (Wildman–Crippen LogP) is 2.37. The molecule has 0 spiro atoms. The van der Waals surface area contributed by atoms with E-state index < -0.39 is 0 Å². The van der Waals surface area contributed by atoms with E-state index in [-0.39, 0.29) is 30.1 Å². The van der Waals surface area contributed by atoms with Gasteiger partial charge in [0.05, 0.1) is 5.92 Å². The van der Waals surface area contributed by atoms with Crippen LogP contribution in [0.15, 0.2) is 48.5 Å². The highest BCUT2D eigenvalue weighted by molar-refractivity contribution is 6.00. The van der Waals surface area contributed by atoms with E-state index in [2.05, 4.69) is 5.32 Å². The molecule has 1 atom stereocenters. The summed E-state index contributed by atoms with van der Waals surface area (Å²) in [5.74, 6) is -0.551. The first-order chi connectivity index (χ1) is 13.4. The topological polar surface area (TPSA) is 69.7 Å². The van der Waals surface area contributed by atoms with Crippen molar-refractivity contribution in [2.75, 3.05) is 25.5 Å². The van der Waals surface area contributed by atoms with Gasteiger partial charge in [-0.3, -0.25) is 14.4 Å². The molecule has 1 heterocycles. The predicted molar refractivity (Wildman–Crippen MR) is 108 cm³/mol. The Morgan fingerprint density at radius 1 is 1.11 bits per heavy atom. The molecular weight excluding hydrogens is 354 g/mol. The molecule has 0 unspecified atom stereocenters. The van der Waals surface area contributed by atoms with Crippen molar-refractivity contribution in [2.45, 2.75) is 19.9 Å². The third-order valence-electron chi connectivity index (χ3n) is 5.06. The van der Waals surface area contributed by atoms with Crippen molar-refractivity contribution < 1.29 is 14.4 Å². The molecule has 3 amide bonds. The maximum Gasteiger partial charge on any atom is 0.251 e. The van der Waals surface area contributed by atoms with Gasteiger partial charge in [0.2, 0.25) is 11.8 Å². The summed E-state index contributed by atoms with van der Waals surface area (Å²) < 4.78 is 0. The fourth-order valence-corrected chi connectivity index (χ4v) is 3.42. The third kappa shape index (κ3) is 4.22. The van der Waals surface area contributed by atoms with Crippen molar-refractivity contribution in [3.8, 4) is 0 Å². The van der Waals surface area contributed by atoms with Gasteiger partial charge >= 0.3 is 0 Å². The summed E-state index contributed by atoms with van der Waals surface area (Å²) in [5, 5.41) is 2.58. The van der Waals surface area contributed by atoms with Gasteiger partial charge in [0.1, 0.15) is 0 Å². The Morgan fingerprint density at radius 2 is 1.75 bits per heavy atom. The normalized spacial score (nSPS) is 16.2. The van der Waals surface area contributed by atoms with E-state index in [0.29, 0.717) is 18.7 Å². The second-order valence-corrected chi connectivity index (χ2v) is 7.21. The maximum absolute atomic E-state index is 12.8. The minimum absolute atomic E-state index is 0.0227. The van der Waals surface area contributed by atoms with E-state index in [1.54, 1.807) is 36.0 Å². The standard InChI is InChI=1S/C22H25N3O3/c1-15-4-10-19(11-5-15)25-14-18(12-20(25)26)22(28)24(3)13-16-6-8-17(9-7-16)21(27)23-2/h4-11,18H,12-14H2,1-3H3,(H,23,27)/t18-/m0/s1. The number of rotatable bonds is 5. The van der Waals surface area contributed by atoms with Gasteiger partial charge in [0, 0.05) is 44.9 Å². The number of carbonyl (C=O) groups excluding carboxylic acids is 3. The number of anilines is 1. The molecule has 0 saturated carbocycles. The van der Waals surface area contributed by atoms with Crippen molar-refractivity contribution in [3.63, 3.8) is 0 Å². The lowest BCUT2D eigenvalue weighted by atomic mass is 10.1. The number of amides is 3. The largest absolute Gasteiger partial charge is 0.355 e. The molecule has 0 aromatic heterocycles. The first kappa shape index (κ1) is 19.6. The monoisotopic (exact) mass is 379 g/mol. The van der Waals surface area contributed by atoms with Gasteiger partial charge in [-0.1, -0.05) is 29.8 Å². The zero-order valence-corrected chi connectivity index (χ0v) is 16.4. The highest BCUT2D eigenvalue weighted by atomic mass is 16.2. The van der Waals surface area contributed by atoms with E-state index in [4.69, 9.17) is 0 Å². The average molecular weight is 379 g/mol. The molecule has 6 nitrogen and oxygen atoms in total. The smallest absolute Gasteiger partial charge is 0.251 e. The van der Waals surface area contributed by atoms with Crippen molar-refractivity contribution in [1.82, 2.24) is 10.2 Å². The Hall–Kier alpha value is -3.15. The molecule has 1 aliphatic rings. The molecule has 28 heavy (non-hydrogen) atoms. The van der Waals surface area contributed by atoms with Crippen LogP contribution in [0.2, 0.25) is 0 Å². The van der Waals surface area contributed by atoms with Gasteiger partial charge in [-0.15, -0.1) is 0 Å². The van der Waals surface area contributed by atoms with E-state index in [1.807, 2.05) is 43.3 Å². The number of nitrogens with zero attached hydrogens (tertiary/aromatic N) is 2. The minimum atomic E-state index is -0.344. The number of benzene rings is 2. The number of nitrogens with one attached hydrogen (secondary N) is 1. The molecule has 1 fully saturated rings. The average Bonchev–Trinajstić information content (AvgIpc) is 3.09. The second-order valence-electron chi connectivity index (χ2n) is 7.21. The fourth-order valence-electron chi connectivity index (χ4n) is 3.42. The zero-order chi connectivity index (χ0) is 20.3. The van der Waals surface area contributed by atoms with Gasteiger partial charge in [-0.2, -0.15) is 0 Å². The van der Waals surface area contributed by atoms with Crippen LogP contribution in [0.3, 0.4) is 0 Å². The zero-order valence-electron chi connectivity index (χ0n) is 16.4. The first-order valence-electron chi connectivity index (χ1n) is 9.32. The number of aryl methyl sites for hydroxylation is 1. The Balaban J connectivity index is 1.62. The highest BCUT2D eigenvalue weighted by Gasteiger charge is 2.36. The molecule has 1 saturated heterocycles. The summed E-state index contributed by atoms with van der Waals surface area (Å²) in [7, 11) is 3.33. The lowest BCUT2D eigenvalue weighted by molar-refractivity contribution is -0.135. The van der Waals surface area contributed by atoms with Crippen LogP contribution >= 0.6 is 0 Å². The number of hydrogen-bond donors (Lipinski definition) is 1. The lowest BCUT2D eigenvalue weighted by Crippen LogP contribution is -2.34. The van der Waals surface area contributed by atoms with Crippen molar-refractivity contribution in [1.29, 1.82) is 0 Å². The van der Waals surface area contributed by atoms with Gasteiger partial charge in [0.15, 0.2) is 0 Å². The Bertz CT molecular complexity index is 875. The number of carbonyl (C=O) groups is 3. The number of hydrogen-bond acceptors (Lipinski definition) is 3. The van der Waals surface area contributed by atoms with Crippen molar-refractivity contribution in [3.05, 3.63) is 65.2 Å². The molecule has 1 aliphatic heterocycles. The summed E-state index contributed by atoms with van der Waals surface area (Å²) >= 11 is 0. The fraction of sp³-hybridized carbons (Fsp3) is 0.318. The van der Waals surface area contributed by atoms with Gasteiger partial charge in [-0.05, 0) is 36.8 Å². The molecule has 1 N–H and O–H groups in total. The summed E-state index contributed by atoms with van der Waals surface area (Å²) in [6.07, 6.45) is 0.229. The Labute approximate surface area is 165 Å². The molecule has 0 bridgehead atoms. The van der Waals surface area contributed by atoms with Crippen molar-refractivity contribution >= 4 is 23.4 Å². The van der Waals surface area contributed by atoms with Gasteiger partial charge in [0.25, 0.3) is 5.91 Å². The van der Waals surface area contributed by atoms with Crippen molar-refractivity contribution in [2.24, 2.45) is 5.92 Å². The van der Waals surface area contributed by atoms with Crippen LogP contribution in [0.4, 0.5) is 5.69 Å². The Morgan fingerprint density at radius 3 is 2.36 bits per heavy atom. The lowest BCUT2D eigenvalue weighted by Gasteiger charge is -2.22. The quantitative estimate of drug-likeness (QED) is 0.867. The summed E-state index contributed by atoms with van der Waals surface area (Å²) in [6, 6.07) is 14.9. The van der Waals surface area contributed by atoms with E-state index in [0.717, 1.165) is 16.8 Å². The van der Waals surface area contributed by atoms with Crippen LogP contribution in [0, 0.1) is 12.8 Å². The molecule has 0 radical (unpaired) electrons. The van der Waals surface area contributed by atoms with Crippen LogP contribution in [-0.4, -0.2) is 43.3 Å². The van der Waals surface area contributed by atoms with Crippen LogP contribution in [-0.2, 0) is 16.1 Å². The molecule has 2 aromatic rings. The van der Waals surface area contributed by atoms with E-state index in [9.17, 15) is 14.4 Å². The van der Waals surface area contributed by atoms with Gasteiger partial charge in [-0.25, -0.2) is 0 Å². The minimum Gasteiger partial charge on any atom is -0.355 e. The van der Waals surface area contributed by atoms with Gasteiger partial charge < -0.3 is 15.1 Å². The molecule has 3 rings (SSSR count). The molecular formula is C22H25N3O3. The molecule has 2 aromatic carbocycles. The van der Waals surface area contributed by atoms with Crippen LogP contribution < -0.4 is 10.2 Å². The highest BCUT2D eigenvalue weighted by Crippen LogP contribution is 2.26. The summed E-state index contributed by atoms with van der Waals surface area (Å²) in [4.78, 5) is 40.2. The SMILES string of the molecule is CNC(=O)c1ccc(CN(C)C(=O)[C@H]2CC(=O)N(c3ccc(C)cc3)C2)cc1. The molecule has 6 heteroatoms. The first-order valence-corrected chi connectivity index (χ1v) is 9.32.